The van der Waals surface area contributed by atoms with Crippen LogP contribution in [0.25, 0.3) is 0 Å². The average Bonchev–Trinajstić information content (AvgIpc) is 2.29. The summed E-state index contributed by atoms with van der Waals surface area (Å²) in [7, 11) is 0. The molecule has 0 fully saturated rings. The largest absolute Gasteiger partial charge is 0.473 e. The zero-order valence-corrected chi connectivity index (χ0v) is 10.1. The van der Waals surface area contributed by atoms with E-state index in [-0.39, 0.29) is 19.3 Å². The first kappa shape index (κ1) is 13.5. The van der Waals surface area contributed by atoms with E-state index in [2.05, 4.69) is 10.3 Å². The molecule has 0 amide bonds. The van der Waals surface area contributed by atoms with Gasteiger partial charge in [0.25, 0.3) is 0 Å². The minimum atomic E-state index is -0.446. The maximum absolute atomic E-state index is 8.95. The van der Waals surface area contributed by atoms with Crippen molar-refractivity contribution in [1.29, 1.82) is 0 Å². The molecule has 5 N–H and O–H groups in total. The smallest absolute Gasteiger partial charge is 0.239 e. The monoisotopic (exact) mass is 241 g/mol. The van der Waals surface area contributed by atoms with Crippen LogP contribution >= 0.6 is 0 Å². The van der Waals surface area contributed by atoms with Gasteiger partial charge in [0.05, 0.1) is 31.0 Å². The predicted molar refractivity (Wildman–Crippen MR) is 66.0 cm³/mol. The molecule has 0 aliphatic heterocycles. The molecule has 0 atom stereocenters. The second kappa shape index (κ2) is 6.27. The van der Waals surface area contributed by atoms with Crippen molar-refractivity contribution in [3.63, 3.8) is 0 Å². The molecule has 0 unspecified atom stereocenters. The standard InChI is InChI=1S/C11H19N3O3/c1-7(2)17-11-9(12)3-4-10(14-11)13-8(5-15)6-16/h3-4,7-8,15-16H,5-6,12H2,1-2H3,(H,13,14). The molecular formula is C11H19N3O3. The lowest BCUT2D eigenvalue weighted by Crippen LogP contribution is -2.28. The van der Waals surface area contributed by atoms with Gasteiger partial charge >= 0.3 is 0 Å². The quantitative estimate of drug-likeness (QED) is 0.568. The number of nitrogens with zero attached hydrogens (tertiary/aromatic N) is 1. The lowest BCUT2D eigenvalue weighted by molar-refractivity contribution is 0.203. The summed E-state index contributed by atoms with van der Waals surface area (Å²) in [5.41, 5.74) is 6.17. The van der Waals surface area contributed by atoms with Gasteiger partial charge < -0.3 is 26.0 Å². The molecular weight excluding hydrogens is 222 g/mol. The number of anilines is 2. The summed E-state index contributed by atoms with van der Waals surface area (Å²) in [5.74, 6) is 0.850. The number of aromatic nitrogens is 1. The van der Waals surface area contributed by atoms with Gasteiger partial charge in [-0.05, 0) is 26.0 Å². The zero-order chi connectivity index (χ0) is 12.8. The molecule has 17 heavy (non-hydrogen) atoms. The predicted octanol–water partition coefficient (Wildman–Crippen LogP) is 0.216. The molecule has 0 radical (unpaired) electrons. The van der Waals surface area contributed by atoms with Crippen LogP contribution in [0.15, 0.2) is 12.1 Å². The summed E-state index contributed by atoms with van der Waals surface area (Å²) in [6.45, 7) is 3.41. The Morgan fingerprint density at radius 1 is 1.35 bits per heavy atom. The Bertz CT molecular complexity index is 354. The molecule has 0 saturated carbocycles. The number of ether oxygens (including phenoxy) is 1. The Morgan fingerprint density at radius 2 is 2.00 bits per heavy atom. The van der Waals surface area contributed by atoms with Gasteiger partial charge in [-0.2, -0.15) is 4.98 Å². The molecule has 6 nitrogen and oxygen atoms in total. The van der Waals surface area contributed by atoms with E-state index in [1.165, 1.54) is 0 Å². The van der Waals surface area contributed by atoms with E-state index in [1.807, 2.05) is 13.8 Å². The van der Waals surface area contributed by atoms with Crippen LogP contribution in [0.3, 0.4) is 0 Å². The SMILES string of the molecule is CC(C)Oc1nc(NC(CO)CO)ccc1N. The number of aliphatic hydroxyl groups excluding tert-OH is 2. The highest BCUT2D eigenvalue weighted by Gasteiger charge is 2.10. The molecule has 1 aromatic rings. The van der Waals surface area contributed by atoms with Crippen LogP contribution in [0.2, 0.25) is 0 Å². The Kier molecular flexibility index (Phi) is 4.99. The fourth-order valence-electron chi connectivity index (χ4n) is 1.21. The van der Waals surface area contributed by atoms with Crippen molar-refractivity contribution < 1.29 is 14.9 Å². The van der Waals surface area contributed by atoms with E-state index < -0.39 is 6.04 Å². The van der Waals surface area contributed by atoms with Gasteiger partial charge in [-0.1, -0.05) is 0 Å². The van der Waals surface area contributed by atoms with Gasteiger partial charge in [-0.3, -0.25) is 0 Å². The number of nitrogens with two attached hydrogens (primary N) is 1. The Morgan fingerprint density at radius 3 is 2.53 bits per heavy atom. The van der Waals surface area contributed by atoms with Crippen molar-refractivity contribution in [1.82, 2.24) is 4.98 Å². The Labute approximate surface area is 100 Å². The van der Waals surface area contributed by atoms with Gasteiger partial charge in [0.2, 0.25) is 5.88 Å². The summed E-state index contributed by atoms with van der Waals surface area (Å²) in [4.78, 5) is 4.17. The molecule has 6 heteroatoms. The van der Waals surface area contributed by atoms with Gasteiger partial charge in [0, 0.05) is 0 Å². The molecule has 0 aliphatic rings. The van der Waals surface area contributed by atoms with Crippen LogP contribution in [-0.4, -0.2) is 40.6 Å². The van der Waals surface area contributed by atoms with E-state index in [0.29, 0.717) is 17.4 Å². The van der Waals surface area contributed by atoms with Crippen LogP contribution in [-0.2, 0) is 0 Å². The van der Waals surface area contributed by atoms with E-state index in [1.54, 1.807) is 12.1 Å². The highest BCUT2D eigenvalue weighted by atomic mass is 16.5. The summed E-state index contributed by atoms with van der Waals surface area (Å²) in [5, 5.41) is 20.8. The number of hydrogen-bond acceptors (Lipinski definition) is 6. The van der Waals surface area contributed by atoms with Gasteiger partial charge in [0.15, 0.2) is 0 Å². The molecule has 1 heterocycles. The van der Waals surface area contributed by atoms with Crippen LogP contribution in [0.4, 0.5) is 11.5 Å². The number of aliphatic hydroxyl groups is 2. The number of nitrogens with one attached hydrogen (secondary N) is 1. The summed E-state index contributed by atoms with van der Waals surface area (Å²) >= 11 is 0. The molecule has 1 rings (SSSR count). The molecule has 1 aromatic heterocycles. The molecule has 0 saturated heterocycles. The minimum absolute atomic E-state index is 0.0217. The van der Waals surface area contributed by atoms with Gasteiger partial charge in [0.1, 0.15) is 5.82 Å². The van der Waals surface area contributed by atoms with E-state index in [4.69, 9.17) is 20.7 Å². The van der Waals surface area contributed by atoms with Crippen molar-refractivity contribution >= 4 is 11.5 Å². The number of pyridine rings is 1. The first-order valence-corrected chi connectivity index (χ1v) is 5.48. The van der Waals surface area contributed by atoms with Crippen molar-refractivity contribution in [2.24, 2.45) is 0 Å². The minimum Gasteiger partial charge on any atom is -0.473 e. The molecule has 0 spiro atoms. The van der Waals surface area contributed by atoms with Gasteiger partial charge in [-0.15, -0.1) is 0 Å². The van der Waals surface area contributed by atoms with Gasteiger partial charge in [-0.25, -0.2) is 0 Å². The maximum Gasteiger partial charge on any atom is 0.239 e. The Hall–Kier alpha value is -1.53. The third kappa shape index (κ3) is 4.08. The van der Waals surface area contributed by atoms with Crippen LogP contribution < -0.4 is 15.8 Å². The van der Waals surface area contributed by atoms with Crippen LogP contribution in [0, 0.1) is 0 Å². The Balaban J connectivity index is 2.80. The second-order valence-corrected chi connectivity index (χ2v) is 3.96. The second-order valence-electron chi connectivity index (χ2n) is 3.96. The van der Waals surface area contributed by atoms with Crippen molar-refractivity contribution in [2.75, 3.05) is 24.3 Å². The molecule has 0 aromatic carbocycles. The van der Waals surface area contributed by atoms with Crippen molar-refractivity contribution in [3.05, 3.63) is 12.1 Å². The van der Waals surface area contributed by atoms with E-state index in [9.17, 15) is 0 Å². The highest BCUT2D eigenvalue weighted by Crippen LogP contribution is 2.22. The van der Waals surface area contributed by atoms with E-state index in [0.717, 1.165) is 0 Å². The maximum atomic E-state index is 8.95. The van der Waals surface area contributed by atoms with Crippen molar-refractivity contribution in [3.8, 4) is 5.88 Å². The fraction of sp³-hybridized carbons (Fsp3) is 0.545. The number of nitrogen functional groups attached to an aromatic ring is 1. The molecule has 96 valence electrons. The third-order valence-corrected chi connectivity index (χ3v) is 2.03. The fourth-order valence-corrected chi connectivity index (χ4v) is 1.21. The number of rotatable bonds is 6. The van der Waals surface area contributed by atoms with Crippen molar-refractivity contribution in [2.45, 2.75) is 26.0 Å². The lowest BCUT2D eigenvalue weighted by Gasteiger charge is -2.16. The topological polar surface area (TPSA) is 101 Å². The number of hydrogen-bond donors (Lipinski definition) is 4. The first-order chi connectivity index (χ1) is 8.06. The summed E-state index contributed by atoms with van der Waals surface area (Å²) in [6.07, 6.45) is -0.0217. The summed E-state index contributed by atoms with van der Waals surface area (Å²) < 4.78 is 5.43. The average molecular weight is 241 g/mol. The van der Waals surface area contributed by atoms with Crippen LogP contribution in [0.5, 0.6) is 5.88 Å². The highest BCUT2D eigenvalue weighted by molar-refractivity contribution is 5.53. The molecule has 0 bridgehead atoms. The van der Waals surface area contributed by atoms with Crippen LogP contribution in [0.1, 0.15) is 13.8 Å². The third-order valence-electron chi connectivity index (χ3n) is 2.03. The van der Waals surface area contributed by atoms with E-state index >= 15 is 0 Å². The zero-order valence-electron chi connectivity index (χ0n) is 10.1. The first-order valence-electron chi connectivity index (χ1n) is 5.48. The lowest BCUT2D eigenvalue weighted by atomic mass is 10.3. The normalized spacial score (nSPS) is 10.9. The summed E-state index contributed by atoms with van der Waals surface area (Å²) in [6, 6.07) is 2.89. The molecule has 0 aliphatic carbocycles.